The Morgan fingerprint density at radius 2 is 1.77 bits per heavy atom. The first-order valence-corrected chi connectivity index (χ1v) is 12.3. The number of nitrogens with zero attached hydrogens (tertiary/aromatic N) is 5. The number of nitrogens with one attached hydrogen (secondary N) is 1. The van der Waals surface area contributed by atoms with Crippen LogP contribution >= 0.6 is 0 Å². The molecule has 0 atom stereocenters. The van der Waals surface area contributed by atoms with Gasteiger partial charge in [0.25, 0.3) is 0 Å². The first-order chi connectivity index (χ1) is 17.1. The maximum Gasteiger partial charge on any atom is 0.179 e. The van der Waals surface area contributed by atoms with Crippen LogP contribution in [0.4, 0.5) is 28.7 Å². The maximum absolute atomic E-state index is 6.24. The third kappa shape index (κ3) is 4.82. The number of imidazole rings is 1. The Labute approximate surface area is 206 Å². The molecule has 0 spiro atoms. The van der Waals surface area contributed by atoms with Crippen LogP contribution in [0.3, 0.4) is 0 Å². The van der Waals surface area contributed by atoms with Crippen molar-refractivity contribution in [3.05, 3.63) is 66.4 Å². The van der Waals surface area contributed by atoms with E-state index in [2.05, 4.69) is 76.4 Å². The Hall–Kier alpha value is -3.94. The Morgan fingerprint density at radius 1 is 1.06 bits per heavy atom. The smallest absolute Gasteiger partial charge is 0.179 e. The van der Waals surface area contributed by atoms with E-state index in [0.29, 0.717) is 11.9 Å². The molecule has 2 aromatic carbocycles. The highest BCUT2D eigenvalue weighted by atomic mass is 16.5. The van der Waals surface area contributed by atoms with Gasteiger partial charge >= 0.3 is 0 Å². The number of aromatic nitrogens is 3. The zero-order valence-corrected chi connectivity index (χ0v) is 20.6. The maximum atomic E-state index is 6.24. The van der Waals surface area contributed by atoms with E-state index in [1.807, 2.05) is 12.1 Å². The van der Waals surface area contributed by atoms with Crippen molar-refractivity contribution in [2.75, 3.05) is 41.0 Å². The van der Waals surface area contributed by atoms with Gasteiger partial charge in [-0.2, -0.15) is 4.52 Å². The summed E-state index contributed by atoms with van der Waals surface area (Å²) in [4.78, 5) is 9.34. The predicted octanol–water partition coefficient (Wildman–Crippen LogP) is 5.08. The lowest BCUT2D eigenvalue weighted by atomic mass is 10.2. The summed E-state index contributed by atoms with van der Waals surface area (Å²) in [5.74, 6) is 2.10. The number of hydrogen-bond donors (Lipinski definition) is 2. The van der Waals surface area contributed by atoms with Crippen molar-refractivity contribution in [1.82, 2.24) is 14.6 Å². The topological polar surface area (TPSA) is 83.9 Å². The Bertz CT molecular complexity index is 1280. The molecule has 0 unspecified atom stereocenters. The van der Waals surface area contributed by atoms with E-state index in [-0.39, 0.29) is 0 Å². The van der Waals surface area contributed by atoms with Gasteiger partial charge in [-0.15, -0.1) is 5.10 Å². The summed E-state index contributed by atoms with van der Waals surface area (Å²) in [7, 11) is 1.69. The van der Waals surface area contributed by atoms with Crippen LogP contribution in [0.2, 0.25) is 0 Å². The lowest BCUT2D eigenvalue weighted by molar-refractivity contribution is 0.414. The molecule has 0 saturated heterocycles. The highest BCUT2D eigenvalue weighted by Gasteiger charge is 2.31. The number of benzene rings is 2. The molecule has 2 heterocycles. The number of nitrogens with two attached hydrogens (primary N) is 1. The average molecular weight is 472 g/mol. The lowest BCUT2D eigenvalue weighted by Crippen LogP contribution is -2.26. The van der Waals surface area contributed by atoms with Gasteiger partial charge in [0, 0.05) is 43.1 Å². The number of rotatable bonds is 10. The first kappa shape index (κ1) is 22.8. The van der Waals surface area contributed by atoms with E-state index >= 15 is 0 Å². The van der Waals surface area contributed by atoms with Crippen LogP contribution in [-0.4, -0.2) is 40.8 Å². The van der Waals surface area contributed by atoms with E-state index in [1.165, 1.54) is 11.3 Å². The average Bonchev–Trinajstić information content (AvgIpc) is 3.67. The second kappa shape index (κ2) is 9.74. The van der Waals surface area contributed by atoms with Gasteiger partial charge in [-0.25, -0.2) is 4.98 Å². The van der Waals surface area contributed by atoms with Crippen molar-refractivity contribution in [3.8, 4) is 5.75 Å². The molecule has 2 aromatic heterocycles. The molecule has 1 saturated carbocycles. The van der Waals surface area contributed by atoms with Gasteiger partial charge in [0.15, 0.2) is 11.5 Å². The number of methoxy groups -OCH3 is 1. The molecule has 1 aliphatic rings. The van der Waals surface area contributed by atoms with Crippen LogP contribution in [0, 0.1) is 0 Å². The minimum Gasteiger partial charge on any atom is -0.497 e. The van der Waals surface area contributed by atoms with Crippen LogP contribution < -0.4 is 25.6 Å². The number of nitrogen functional groups attached to an aromatic ring is 1. The third-order valence-electron chi connectivity index (χ3n) is 6.55. The monoisotopic (exact) mass is 471 g/mol. The summed E-state index contributed by atoms with van der Waals surface area (Å²) in [5, 5.41) is 8.21. The molecular weight excluding hydrogens is 438 g/mol. The van der Waals surface area contributed by atoms with Crippen LogP contribution in [0.1, 0.15) is 32.3 Å². The van der Waals surface area contributed by atoms with Crippen molar-refractivity contribution in [2.45, 2.75) is 39.3 Å². The molecule has 35 heavy (non-hydrogen) atoms. The van der Waals surface area contributed by atoms with Crippen molar-refractivity contribution in [3.63, 3.8) is 0 Å². The van der Waals surface area contributed by atoms with E-state index in [4.69, 9.17) is 15.6 Å². The highest BCUT2D eigenvalue weighted by molar-refractivity contribution is 5.76. The molecule has 0 amide bonds. The minimum atomic E-state index is 0.474. The SMILES string of the molecule is CCN(CC)c1ccc(Nc2cc(N(Cc3ccc(OC)cc3)C3CC3)c3ncc(N)n3n2)cc1. The van der Waals surface area contributed by atoms with E-state index < -0.39 is 0 Å². The zero-order valence-electron chi connectivity index (χ0n) is 20.6. The van der Waals surface area contributed by atoms with Crippen molar-refractivity contribution < 1.29 is 4.74 Å². The standard InChI is InChI=1S/C27H33N7O/c1-4-32(5-2)21-10-8-20(9-11-21)30-26-16-24(27-29-17-25(28)34(27)31-26)33(22-12-13-22)18-19-6-14-23(35-3)15-7-19/h6-11,14-17,22H,4-5,12-13,18,28H2,1-3H3,(H,30,31). The second-order valence-corrected chi connectivity index (χ2v) is 8.88. The molecule has 3 N–H and O–H groups in total. The van der Waals surface area contributed by atoms with Crippen molar-refractivity contribution >= 4 is 34.3 Å². The molecule has 4 aromatic rings. The fourth-order valence-corrected chi connectivity index (χ4v) is 4.46. The number of hydrogen-bond acceptors (Lipinski definition) is 7. The molecular formula is C27H33N7O. The largest absolute Gasteiger partial charge is 0.497 e. The summed E-state index contributed by atoms with van der Waals surface area (Å²) in [6.45, 7) is 7.08. The fourth-order valence-electron chi connectivity index (χ4n) is 4.46. The molecule has 8 heteroatoms. The fraction of sp³-hybridized carbons (Fsp3) is 0.333. The lowest BCUT2D eigenvalue weighted by Gasteiger charge is -2.26. The van der Waals surface area contributed by atoms with Crippen molar-refractivity contribution in [1.29, 1.82) is 0 Å². The van der Waals surface area contributed by atoms with Crippen LogP contribution in [0.25, 0.3) is 5.65 Å². The quantitative estimate of drug-likeness (QED) is 0.334. The molecule has 0 bridgehead atoms. The third-order valence-corrected chi connectivity index (χ3v) is 6.55. The van der Waals surface area contributed by atoms with E-state index in [9.17, 15) is 0 Å². The predicted molar refractivity (Wildman–Crippen MR) is 143 cm³/mol. The molecule has 5 rings (SSSR count). The van der Waals surface area contributed by atoms with Gasteiger partial charge in [-0.1, -0.05) is 12.1 Å². The normalized spacial score (nSPS) is 13.1. The molecule has 1 fully saturated rings. The number of fused-ring (bicyclic) bond motifs is 1. The Balaban J connectivity index is 1.47. The summed E-state index contributed by atoms with van der Waals surface area (Å²) >= 11 is 0. The van der Waals surface area contributed by atoms with E-state index in [1.54, 1.807) is 17.8 Å². The Morgan fingerprint density at radius 3 is 2.40 bits per heavy atom. The summed E-state index contributed by atoms with van der Waals surface area (Å²) < 4.78 is 7.05. The Kier molecular flexibility index (Phi) is 6.35. The van der Waals surface area contributed by atoms with Crippen molar-refractivity contribution in [2.24, 2.45) is 0 Å². The minimum absolute atomic E-state index is 0.474. The molecule has 1 aliphatic carbocycles. The van der Waals surface area contributed by atoms with Gasteiger partial charge in [0.05, 0.1) is 19.0 Å². The second-order valence-electron chi connectivity index (χ2n) is 8.88. The van der Waals surface area contributed by atoms with Gasteiger partial charge in [-0.05, 0) is 68.7 Å². The molecule has 0 radical (unpaired) electrons. The molecule has 0 aliphatic heterocycles. The highest BCUT2D eigenvalue weighted by Crippen LogP contribution is 2.37. The number of anilines is 5. The van der Waals surface area contributed by atoms with Crippen LogP contribution in [0.5, 0.6) is 5.75 Å². The van der Waals surface area contributed by atoms with Gasteiger partial charge in [0.2, 0.25) is 0 Å². The summed E-state index contributed by atoms with van der Waals surface area (Å²) in [6, 6.07) is 19.3. The number of ether oxygens (including phenoxy) is 1. The van der Waals surface area contributed by atoms with Gasteiger partial charge in [-0.3, -0.25) is 0 Å². The van der Waals surface area contributed by atoms with E-state index in [0.717, 1.165) is 61.1 Å². The zero-order chi connectivity index (χ0) is 24.4. The van der Waals surface area contributed by atoms with Gasteiger partial charge < -0.3 is 25.6 Å². The molecule has 182 valence electrons. The molecule has 8 nitrogen and oxygen atoms in total. The van der Waals surface area contributed by atoms with Gasteiger partial charge in [0.1, 0.15) is 11.6 Å². The first-order valence-electron chi connectivity index (χ1n) is 12.3. The van der Waals surface area contributed by atoms with Crippen LogP contribution in [0.15, 0.2) is 60.8 Å². The summed E-state index contributed by atoms with van der Waals surface area (Å²) in [6.07, 6.45) is 4.00. The summed E-state index contributed by atoms with van der Waals surface area (Å²) in [5.41, 5.74) is 11.4. The van der Waals surface area contributed by atoms with Crippen LogP contribution in [-0.2, 0) is 6.54 Å².